The molecule has 0 spiro atoms. The number of ether oxygens (including phenoxy) is 2. The van der Waals surface area contributed by atoms with Crippen molar-refractivity contribution < 1.29 is 9.47 Å². The largest absolute Gasteiger partial charge is 0.493 e. The first-order valence-electron chi connectivity index (χ1n) is 7.64. The van der Waals surface area contributed by atoms with E-state index < -0.39 is 0 Å². The molecule has 2 nitrogen and oxygen atoms in total. The SMILES string of the molecule is CCCCCOc1cccc(OCCCCC)c1C. The third kappa shape index (κ3) is 6.00. The van der Waals surface area contributed by atoms with Gasteiger partial charge in [0.05, 0.1) is 13.2 Å². The van der Waals surface area contributed by atoms with Crippen LogP contribution in [0.2, 0.25) is 0 Å². The molecule has 0 unspecified atom stereocenters. The van der Waals surface area contributed by atoms with Gasteiger partial charge in [0.1, 0.15) is 11.5 Å². The molecule has 0 heterocycles. The van der Waals surface area contributed by atoms with Gasteiger partial charge in [0.2, 0.25) is 0 Å². The second-order valence-electron chi connectivity index (χ2n) is 4.99. The number of hydrogen-bond acceptors (Lipinski definition) is 2. The predicted molar refractivity (Wildman–Crippen MR) is 81.2 cm³/mol. The van der Waals surface area contributed by atoms with E-state index in [4.69, 9.17) is 9.47 Å². The summed E-state index contributed by atoms with van der Waals surface area (Å²) >= 11 is 0. The molecular formula is C17H28O2. The van der Waals surface area contributed by atoms with Crippen molar-refractivity contribution in [2.75, 3.05) is 13.2 Å². The van der Waals surface area contributed by atoms with E-state index in [9.17, 15) is 0 Å². The quantitative estimate of drug-likeness (QED) is 0.545. The van der Waals surface area contributed by atoms with E-state index in [0.717, 1.165) is 43.1 Å². The highest BCUT2D eigenvalue weighted by Gasteiger charge is 2.05. The molecule has 1 rings (SSSR count). The highest BCUT2D eigenvalue weighted by atomic mass is 16.5. The van der Waals surface area contributed by atoms with Crippen molar-refractivity contribution >= 4 is 0 Å². The molecule has 0 saturated heterocycles. The van der Waals surface area contributed by atoms with E-state index in [0.29, 0.717) is 0 Å². The molecule has 0 aliphatic heterocycles. The third-order valence-electron chi connectivity index (χ3n) is 3.25. The number of hydrogen-bond donors (Lipinski definition) is 0. The summed E-state index contributed by atoms with van der Waals surface area (Å²) in [5, 5.41) is 0. The summed E-state index contributed by atoms with van der Waals surface area (Å²) in [6, 6.07) is 6.07. The van der Waals surface area contributed by atoms with Crippen LogP contribution in [0.15, 0.2) is 18.2 Å². The van der Waals surface area contributed by atoms with E-state index >= 15 is 0 Å². The molecule has 108 valence electrons. The summed E-state index contributed by atoms with van der Waals surface area (Å²) in [6.07, 6.45) is 7.15. The van der Waals surface area contributed by atoms with Gasteiger partial charge >= 0.3 is 0 Å². The third-order valence-corrected chi connectivity index (χ3v) is 3.25. The van der Waals surface area contributed by atoms with Gasteiger partial charge in [-0.2, -0.15) is 0 Å². The maximum absolute atomic E-state index is 5.83. The number of benzene rings is 1. The van der Waals surface area contributed by atoms with E-state index in [-0.39, 0.29) is 0 Å². The van der Waals surface area contributed by atoms with Gasteiger partial charge in [0.25, 0.3) is 0 Å². The van der Waals surface area contributed by atoms with Gasteiger partial charge in [-0.05, 0) is 31.9 Å². The van der Waals surface area contributed by atoms with Crippen molar-refractivity contribution in [3.8, 4) is 11.5 Å². The lowest BCUT2D eigenvalue weighted by molar-refractivity contribution is 0.288. The van der Waals surface area contributed by atoms with Gasteiger partial charge in [0.15, 0.2) is 0 Å². The van der Waals surface area contributed by atoms with Crippen molar-refractivity contribution in [2.24, 2.45) is 0 Å². The Morgan fingerprint density at radius 1 is 0.789 bits per heavy atom. The molecule has 1 aromatic carbocycles. The number of rotatable bonds is 10. The lowest BCUT2D eigenvalue weighted by Gasteiger charge is -2.13. The first-order chi connectivity index (χ1) is 9.29. The predicted octanol–water partition coefficient (Wildman–Crippen LogP) is 5.13. The second-order valence-corrected chi connectivity index (χ2v) is 4.99. The molecule has 0 aromatic heterocycles. The molecule has 0 N–H and O–H groups in total. The summed E-state index contributed by atoms with van der Waals surface area (Å²) < 4.78 is 11.7. The number of unbranched alkanes of at least 4 members (excludes halogenated alkanes) is 4. The minimum atomic E-state index is 0.800. The Bertz CT molecular complexity index is 317. The standard InChI is InChI=1S/C17H28O2/c1-4-6-8-13-18-16-11-10-12-17(15(16)3)19-14-9-7-5-2/h10-12H,4-9,13-14H2,1-3H3. The van der Waals surface area contributed by atoms with Crippen LogP contribution in [0.25, 0.3) is 0 Å². The molecule has 0 radical (unpaired) electrons. The van der Waals surface area contributed by atoms with E-state index in [1.807, 2.05) is 18.2 Å². The molecular weight excluding hydrogens is 236 g/mol. The van der Waals surface area contributed by atoms with Crippen molar-refractivity contribution in [1.29, 1.82) is 0 Å². The first kappa shape index (κ1) is 15.9. The van der Waals surface area contributed by atoms with Crippen LogP contribution in [-0.2, 0) is 0 Å². The van der Waals surface area contributed by atoms with E-state index in [2.05, 4.69) is 20.8 Å². The van der Waals surface area contributed by atoms with Crippen molar-refractivity contribution in [2.45, 2.75) is 59.3 Å². The molecule has 1 aromatic rings. The minimum Gasteiger partial charge on any atom is -0.493 e. The average Bonchev–Trinajstić information content (AvgIpc) is 2.43. The average molecular weight is 264 g/mol. The molecule has 0 aliphatic rings. The molecule has 0 saturated carbocycles. The van der Waals surface area contributed by atoms with Crippen LogP contribution < -0.4 is 9.47 Å². The monoisotopic (exact) mass is 264 g/mol. The first-order valence-corrected chi connectivity index (χ1v) is 7.64. The van der Waals surface area contributed by atoms with Crippen LogP contribution in [0.4, 0.5) is 0 Å². The van der Waals surface area contributed by atoms with Crippen molar-refractivity contribution in [1.82, 2.24) is 0 Å². The Morgan fingerprint density at radius 2 is 1.26 bits per heavy atom. The van der Waals surface area contributed by atoms with E-state index in [1.54, 1.807) is 0 Å². The lowest BCUT2D eigenvalue weighted by atomic mass is 10.2. The Balaban J connectivity index is 2.44. The molecule has 0 atom stereocenters. The molecule has 0 aliphatic carbocycles. The van der Waals surface area contributed by atoms with Crippen molar-refractivity contribution in [3.63, 3.8) is 0 Å². The summed E-state index contributed by atoms with van der Waals surface area (Å²) in [4.78, 5) is 0. The zero-order valence-corrected chi connectivity index (χ0v) is 12.7. The summed E-state index contributed by atoms with van der Waals surface area (Å²) in [5.74, 6) is 1.92. The van der Waals surface area contributed by atoms with Gasteiger partial charge in [-0.25, -0.2) is 0 Å². The fourth-order valence-corrected chi connectivity index (χ4v) is 1.98. The van der Waals surface area contributed by atoms with E-state index in [1.165, 1.54) is 25.7 Å². The zero-order chi connectivity index (χ0) is 13.9. The smallest absolute Gasteiger partial charge is 0.125 e. The highest BCUT2D eigenvalue weighted by Crippen LogP contribution is 2.27. The van der Waals surface area contributed by atoms with Crippen LogP contribution >= 0.6 is 0 Å². The molecule has 0 fully saturated rings. The Morgan fingerprint density at radius 3 is 1.68 bits per heavy atom. The van der Waals surface area contributed by atoms with Crippen LogP contribution in [0.5, 0.6) is 11.5 Å². The van der Waals surface area contributed by atoms with Crippen LogP contribution in [0.3, 0.4) is 0 Å². The van der Waals surface area contributed by atoms with Gasteiger partial charge in [0, 0.05) is 5.56 Å². The Hall–Kier alpha value is -1.18. The maximum Gasteiger partial charge on any atom is 0.125 e. The summed E-state index contributed by atoms with van der Waals surface area (Å²) in [6.45, 7) is 8.08. The van der Waals surface area contributed by atoms with Gasteiger partial charge in [-0.3, -0.25) is 0 Å². The topological polar surface area (TPSA) is 18.5 Å². The van der Waals surface area contributed by atoms with Crippen molar-refractivity contribution in [3.05, 3.63) is 23.8 Å². The molecule has 0 bridgehead atoms. The van der Waals surface area contributed by atoms with Crippen LogP contribution in [0.1, 0.15) is 57.9 Å². The zero-order valence-electron chi connectivity index (χ0n) is 12.7. The fraction of sp³-hybridized carbons (Fsp3) is 0.647. The van der Waals surface area contributed by atoms with Crippen LogP contribution in [-0.4, -0.2) is 13.2 Å². The molecule has 19 heavy (non-hydrogen) atoms. The second kappa shape index (κ2) is 9.71. The normalized spacial score (nSPS) is 10.5. The van der Waals surface area contributed by atoms with Gasteiger partial charge in [-0.1, -0.05) is 45.6 Å². The minimum absolute atomic E-state index is 0.800. The Kier molecular flexibility index (Phi) is 8.11. The molecule has 0 amide bonds. The van der Waals surface area contributed by atoms with Gasteiger partial charge < -0.3 is 9.47 Å². The van der Waals surface area contributed by atoms with Crippen LogP contribution in [0, 0.1) is 6.92 Å². The lowest BCUT2D eigenvalue weighted by Crippen LogP contribution is -2.02. The summed E-state index contributed by atoms with van der Waals surface area (Å²) in [7, 11) is 0. The maximum atomic E-state index is 5.83. The summed E-state index contributed by atoms with van der Waals surface area (Å²) in [5.41, 5.74) is 1.12. The Labute approximate surface area is 118 Å². The highest BCUT2D eigenvalue weighted by molar-refractivity contribution is 5.43. The van der Waals surface area contributed by atoms with Gasteiger partial charge in [-0.15, -0.1) is 0 Å². The fourth-order valence-electron chi connectivity index (χ4n) is 1.98. The molecule has 2 heteroatoms.